The van der Waals surface area contributed by atoms with Crippen molar-refractivity contribution in [2.75, 3.05) is 6.54 Å². The summed E-state index contributed by atoms with van der Waals surface area (Å²) < 4.78 is 5.30. The van der Waals surface area contributed by atoms with Gasteiger partial charge in [0.15, 0.2) is 16.8 Å². The number of halogens is 1. The first-order valence-electron chi connectivity index (χ1n) is 12.5. The summed E-state index contributed by atoms with van der Waals surface area (Å²) in [7, 11) is 0. The minimum absolute atomic E-state index is 0.146. The van der Waals surface area contributed by atoms with Gasteiger partial charge in [-0.3, -0.25) is 9.79 Å². The third kappa shape index (κ3) is 6.12. The number of imidazole rings is 1. The summed E-state index contributed by atoms with van der Waals surface area (Å²) >= 11 is 5.81. The molecule has 5 aromatic rings. The van der Waals surface area contributed by atoms with E-state index in [1.807, 2.05) is 78.9 Å². The molecular formula is C30H28ClN5O2. The smallest absolute Gasteiger partial charge is 0.251 e. The van der Waals surface area contributed by atoms with E-state index in [-0.39, 0.29) is 17.2 Å². The number of carbonyl (C=O) groups excluding carboxylic acids is 1. The van der Waals surface area contributed by atoms with Crippen LogP contribution in [-0.2, 0) is 0 Å². The largest absolute Gasteiger partial charge is 0.441 e. The van der Waals surface area contributed by atoms with Crippen LogP contribution in [0.4, 0.5) is 0 Å². The number of amides is 1. The molecule has 1 unspecified atom stereocenters. The Morgan fingerprint density at radius 3 is 2.42 bits per heavy atom. The van der Waals surface area contributed by atoms with Gasteiger partial charge in [0.2, 0.25) is 0 Å². The maximum Gasteiger partial charge on any atom is 0.251 e. The lowest BCUT2D eigenvalue weighted by molar-refractivity contribution is 0.0932. The van der Waals surface area contributed by atoms with Crippen LogP contribution < -0.4 is 11.1 Å². The molecule has 7 nitrogen and oxygen atoms in total. The molecule has 5 rings (SSSR count). The van der Waals surface area contributed by atoms with Crippen LogP contribution in [0.15, 0.2) is 100 Å². The Kier molecular flexibility index (Phi) is 7.85. The van der Waals surface area contributed by atoms with Gasteiger partial charge >= 0.3 is 0 Å². The van der Waals surface area contributed by atoms with Crippen LogP contribution in [0.1, 0.15) is 47.2 Å². The molecule has 1 amide bonds. The number of fused-ring (bicyclic) bond motifs is 1. The Labute approximate surface area is 225 Å². The van der Waals surface area contributed by atoms with E-state index < -0.39 is 0 Å². The number of hydrogen-bond donors (Lipinski definition) is 3. The van der Waals surface area contributed by atoms with Gasteiger partial charge in [0, 0.05) is 12.1 Å². The molecule has 0 radical (unpaired) electrons. The van der Waals surface area contributed by atoms with Gasteiger partial charge in [-0.05, 0) is 78.4 Å². The second-order valence-corrected chi connectivity index (χ2v) is 9.35. The molecule has 192 valence electrons. The van der Waals surface area contributed by atoms with Crippen molar-refractivity contribution in [2.24, 2.45) is 10.7 Å². The lowest BCUT2D eigenvalue weighted by Gasteiger charge is -2.17. The van der Waals surface area contributed by atoms with Crippen molar-refractivity contribution >= 4 is 34.4 Å². The highest BCUT2D eigenvalue weighted by molar-refractivity contribution is 6.29. The standard InChI is InChI=1S/C30H28ClN5O2/c31-27-18-17-26(38-27)28(32)33-19-7-6-12-25(29-34-23-10-4-5-11-24(23)35-29)36-30(37)22-15-13-21(14-16-22)20-8-2-1-3-9-20/h1-5,8-11,13-18,25H,6-7,12,19H2,(H2,32,33)(H,34,35)(H,36,37). The Morgan fingerprint density at radius 2 is 1.68 bits per heavy atom. The lowest BCUT2D eigenvalue weighted by atomic mass is 10.0. The number of para-hydroxylation sites is 2. The van der Waals surface area contributed by atoms with Crippen molar-refractivity contribution < 1.29 is 9.21 Å². The van der Waals surface area contributed by atoms with Gasteiger partial charge < -0.3 is 20.5 Å². The SMILES string of the molecule is NC(=NCCCCC(NC(=O)c1ccc(-c2ccccc2)cc1)c1nc2ccccc2[nH]1)c1ccc(Cl)o1. The van der Waals surface area contributed by atoms with E-state index in [0.29, 0.717) is 30.1 Å². The van der Waals surface area contributed by atoms with Crippen LogP contribution in [0.2, 0.25) is 5.22 Å². The van der Waals surface area contributed by atoms with Gasteiger partial charge in [0.05, 0.1) is 17.1 Å². The van der Waals surface area contributed by atoms with Crippen LogP contribution in [-0.4, -0.2) is 28.3 Å². The number of H-pyrrole nitrogens is 1. The van der Waals surface area contributed by atoms with E-state index in [1.165, 1.54) is 0 Å². The van der Waals surface area contributed by atoms with Gasteiger partial charge in [-0.15, -0.1) is 0 Å². The maximum atomic E-state index is 13.2. The molecule has 0 bridgehead atoms. The molecule has 0 saturated heterocycles. The number of aromatic nitrogens is 2. The van der Waals surface area contributed by atoms with E-state index in [4.69, 9.17) is 26.7 Å². The van der Waals surface area contributed by atoms with Gasteiger partial charge in [0.1, 0.15) is 5.82 Å². The van der Waals surface area contributed by atoms with E-state index in [1.54, 1.807) is 12.1 Å². The quantitative estimate of drug-likeness (QED) is 0.109. The number of nitrogens with one attached hydrogen (secondary N) is 2. The van der Waals surface area contributed by atoms with Crippen molar-refractivity contribution in [3.05, 3.63) is 113 Å². The molecule has 0 saturated carbocycles. The number of furan rings is 1. The Morgan fingerprint density at radius 1 is 0.947 bits per heavy atom. The zero-order chi connectivity index (χ0) is 26.3. The van der Waals surface area contributed by atoms with Gasteiger partial charge in [-0.25, -0.2) is 4.98 Å². The molecular weight excluding hydrogens is 498 g/mol. The minimum atomic E-state index is -0.283. The number of nitrogens with two attached hydrogens (primary N) is 1. The highest BCUT2D eigenvalue weighted by Gasteiger charge is 2.19. The average Bonchev–Trinajstić information content (AvgIpc) is 3.59. The number of rotatable bonds is 10. The second kappa shape index (κ2) is 11.8. The van der Waals surface area contributed by atoms with E-state index in [0.717, 1.165) is 40.8 Å². The van der Waals surface area contributed by atoms with Crippen LogP contribution in [0.5, 0.6) is 0 Å². The van der Waals surface area contributed by atoms with Gasteiger partial charge in [0.25, 0.3) is 5.91 Å². The molecule has 2 heterocycles. The zero-order valence-corrected chi connectivity index (χ0v) is 21.5. The molecule has 8 heteroatoms. The van der Waals surface area contributed by atoms with Crippen molar-refractivity contribution in [3.63, 3.8) is 0 Å². The third-order valence-electron chi connectivity index (χ3n) is 6.31. The Bertz CT molecular complexity index is 1510. The molecule has 0 aliphatic rings. The predicted octanol–water partition coefficient (Wildman–Crippen LogP) is 6.52. The minimum Gasteiger partial charge on any atom is -0.441 e. The van der Waals surface area contributed by atoms with E-state index in [2.05, 4.69) is 15.3 Å². The molecule has 2 aromatic heterocycles. The van der Waals surface area contributed by atoms with Crippen molar-refractivity contribution in [1.29, 1.82) is 0 Å². The summed E-state index contributed by atoms with van der Waals surface area (Å²) in [6.07, 6.45) is 2.29. The lowest BCUT2D eigenvalue weighted by Crippen LogP contribution is -2.29. The molecule has 0 fully saturated rings. The second-order valence-electron chi connectivity index (χ2n) is 8.98. The van der Waals surface area contributed by atoms with Crippen molar-refractivity contribution in [3.8, 4) is 11.1 Å². The summed E-state index contributed by atoms with van der Waals surface area (Å²) in [5.41, 5.74) is 10.6. The van der Waals surface area contributed by atoms with Gasteiger partial charge in [-0.2, -0.15) is 0 Å². The zero-order valence-electron chi connectivity index (χ0n) is 20.7. The average molecular weight is 526 g/mol. The summed E-state index contributed by atoms with van der Waals surface area (Å²) in [5.74, 6) is 1.36. The molecule has 0 aliphatic heterocycles. The summed E-state index contributed by atoms with van der Waals surface area (Å²) in [5, 5.41) is 3.45. The van der Waals surface area contributed by atoms with Gasteiger partial charge in [-0.1, -0.05) is 54.6 Å². The molecule has 4 N–H and O–H groups in total. The van der Waals surface area contributed by atoms with Crippen LogP contribution in [0.3, 0.4) is 0 Å². The van der Waals surface area contributed by atoms with Crippen LogP contribution >= 0.6 is 11.6 Å². The normalized spacial score (nSPS) is 12.5. The summed E-state index contributed by atoms with van der Waals surface area (Å²) in [6.45, 7) is 0.534. The number of nitrogens with zero attached hydrogens (tertiary/aromatic N) is 2. The molecule has 3 aromatic carbocycles. The fraction of sp³-hybridized carbons (Fsp3) is 0.167. The first-order chi connectivity index (χ1) is 18.6. The summed E-state index contributed by atoms with van der Waals surface area (Å²) in [4.78, 5) is 25.7. The number of hydrogen-bond acceptors (Lipinski definition) is 4. The Balaban J connectivity index is 1.26. The third-order valence-corrected chi connectivity index (χ3v) is 6.51. The number of carbonyl (C=O) groups is 1. The van der Waals surface area contributed by atoms with E-state index in [9.17, 15) is 4.79 Å². The first kappa shape index (κ1) is 25.3. The molecule has 1 atom stereocenters. The van der Waals surface area contributed by atoms with Crippen molar-refractivity contribution in [1.82, 2.24) is 15.3 Å². The first-order valence-corrected chi connectivity index (χ1v) is 12.9. The fourth-order valence-corrected chi connectivity index (χ4v) is 4.44. The number of benzene rings is 3. The topological polar surface area (TPSA) is 109 Å². The number of aromatic amines is 1. The Hall–Kier alpha value is -4.36. The number of aliphatic imine (C=N–C) groups is 1. The molecule has 0 spiro atoms. The highest BCUT2D eigenvalue weighted by atomic mass is 35.5. The molecule has 38 heavy (non-hydrogen) atoms. The van der Waals surface area contributed by atoms with E-state index >= 15 is 0 Å². The monoisotopic (exact) mass is 525 g/mol. The summed E-state index contributed by atoms with van der Waals surface area (Å²) in [6, 6.07) is 28.6. The number of amidine groups is 1. The van der Waals surface area contributed by atoms with Crippen molar-refractivity contribution in [2.45, 2.75) is 25.3 Å². The predicted molar refractivity (Wildman–Crippen MR) is 151 cm³/mol. The maximum absolute atomic E-state index is 13.2. The van der Waals surface area contributed by atoms with Crippen LogP contribution in [0, 0.1) is 0 Å². The fourth-order valence-electron chi connectivity index (χ4n) is 4.29. The highest BCUT2D eigenvalue weighted by Crippen LogP contribution is 2.23. The van der Waals surface area contributed by atoms with Crippen LogP contribution in [0.25, 0.3) is 22.2 Å². The molecule has 0 aliphatic carbocycles. The number of unbranched alkanes of at least 4 members (excludes halogenated alkanes) is 1.